The van der Waals surface area contributed by atoms with E-state index in [1.807, 2.05) is 0 Å². The van der Waals surface area contributed by atoms with Crippen LogP contribution < -0.4 is 16.0 Å². The highest BCUT2D eigenvalue weighted by Gasteiger charge is 2.38. The number of nitrogens with one attached hydrogen (secondary N) is 1. The Kier molecular flexibility index (Phi) is 4.16. The second-order valence-electron chi connectivity index (χ2n) is 6.14. The Morgan fingerprint density at radius 2 is 1.84 bits per heavy atom. The lowest BCUT2D eigenvalue weighted by atomic mass is 9.76. The third-order valence-corrected chi connectivity index (χ3v) is 4.70. The van der Waals surface area contributed by atoms with Gasteiger partial charge in [0.05, 0.1) is 13.2 Å². The highest BCUT2D eigenvalue weighted by molar-refractivity contribution is 5.43. The fourth-order valence-corrected chi connectivity index (χ4v) is 3.48. The van der Waals surface area contributed by atoms with E-state index in [1.54, 1.807) is 7.11 Å². The molecule has 1 unspecified atom stereocenters. The number of hydrazine groups is 1. The van der Waals surface area contributed by atoms with Crippen molar-refractivity contribution in [3.8, 4) is 5.75 Å². The minimum atomic E-state index is 0.222. The van der Waals surface area contributed by atoms with E-state index in [4.69, 9.17) is 10.6 Å². The summed E-state index contributed by atoms with van der Waals surface area (Å²) in [6, 6.07) is 4.56. The van der Waals surface area contributed by atoms with E-state index in [-0.39, 0.29) is 11.5 Å². The van der Waals surface area contributed by atoms with E-state index in [1.165, 1.54) is 42.4 Å². The molecule has 106 valence electrons. The van der Waals surface area contributed by atoms with Gasteiger partial charge in [0.15, 0.2) is 0 Å². The van der Waals surface area contributed by atoms with Gasteiger partial charge >= 0.3 is 0 Å². The highest BCUT2D eigenvalue weighted by Crippen LogP contribution is 2.47. The van der Waals surface area contributed by atoms with Crippen LogP contribution in [0.25, 0.3) is 0 Å². The third kappa shape index (κ3) is 2.63. The standard InChI is InChI=1S/C16H26N2O/c1-11-10-14(19-4)12(2)9-13(11)15(18-17)16(3)7-5-6-8-16/h9-10,15,18H,5-8,17H2,1-4H3. The first-order valence-electron chi connectivity index (χ1n) is 7.13. The second-order valence-corrected chi connectivity index (χ2v) is 6.14. The monoisotopic (exact) mass is 262 g/mol. The summed E-state index contributed by atoms with van der Waals surface area (Å²) >= 11 is 0. The van der Waals surface area contributed by atoms with Crippen molar-refractivity contribution in [2.24, 2.45) is 11.3 Å². The van der Waals surface area contributed by atoms with Crippen molar-refractivity contribution in [3.63, 3.8) is 0 Å². The zero-order chi connectivity index (χ0) is 14.0. The molecule has 19 heavy (non-hydrogen) atoms. The molecule has 1 aromatic carbocycles. The SMILES string of the molecule is COc1cc(C)c(C(NN)C2(C)CCCC2)cc1C. The summed E-state index contributed by atoms with van der Waals surface area (Å²) in [6.07, 6.45) is 5.10. The summed E-state index contributed by atoms with van der Waals surface area (Å²) in [5, 5.41) is 0. The van der Waals surface area contributed by atoms with Crippen molar-refractivity contribution >= 4 is 0 Å². The molecular formula is C16H26N2O. The average Bonchev–Trinajstić information content (AvgIpc) is 2.81. The molecule has 1 atom stereocenters. The number of rotatable bonds is 4. The number of methoxy groups -OCH3 is 1. The van der Waals surface area contributed by atoms with Crippen molar-refractivity contribution in [1.29, 1.82) is 0 Å². The molecule has 1 fully saturated rings. The first-order chi connectivity index (χ1) is 9.01. The molecule has 1 aliphatic rings. The lowest BCUT2D eigenvalue weighted by Gasteiger charge is -2.35. The molecule has 3 heteroatoms. The van der Waals surface area contributed by atoms with Crippen LogP contribution in [0.15, 0.2) is 12.1 Å². The first-order valence-corrected chi connectivity index (χ1v) is 7.13. The van der Waals surface area contributed by atoms with Gasteiger partial charge < -0.3 is 4.74 Å². The fraction of sp³-hybridized carbons (Fsp3) is 0.625. The van der Waals surface area contributed by atoms with E-state index < -0.39 is 0 Å². The molecule has 0 spiro atoms. The number of benzene rings is 1. The first kappa shape index (κ1) is 14.4. The van der Waals surface area contributed by atoms with Gasteiger partial charge in [-0.3, -0.25) is 11.3 Å². The lowest BCUT2D eigenvalue weighted by molar-refractivity contribution is 0.224. The van der Waals surface area contributed by atoms with Crippen LogP contribution in [0.2, 0.25) is 0 Å². The van der Waals surface area contributed by atoms with Crippen LogP contribution >= 0.6 is 0 Å². The summed E-state index contributed by atoms with van der Waals surface area (Å²) in [6.45, 7) is 6.58. The third-order valence-electron chi connectivity index (χ3n) is 4.70. The van der Waals surface area contributed by atoms with E-state index in [2.05, 4.69) is 38.3 Å². The second kappa shape index (κ2) is 5.51. The lowest BCUT2D eigenvalue weighted by Crippen LogP contribution is -2.39. The molecular weight excluding hydrogens is 236 g/mol. The molecule has 2 rings (SSSR count). The predicted octanol–water partition coefficient (Wildman–Crippen LogP) is 3.40. The fourth-order valence-electron chi connectivity index (χ4n) is 3.48. The van der Waals surface area contributed by atoms with Crippen LogP contribution in [-0.2, 0) is 0 Å². The molecule has 1 aliphatic carbocycles. The van der Waals surface area contributed by atoms with Gasteiger partial charge in [-0.2, -0.15) is 0 Å². The van der Waals surface area contributed by atoms with Crippen molar-refractivity contribution in [3.05, 3.63) is 28.8 Å². The maximum atomic E-state index is 5.88. The summed E-state index contributed by atoms with van der Waals surface area (Å²) in [5.74, 6) is 6.83. The number of nitrogens with two attached hydrogens (primary N) is 1. The predicted molar refractivity (Wildman–Crippen MR) is 79.1 cm³/mol. The molecule has 0 aliphatic heterocycles. The zero-order valence-electron chi connectivity index (χ0n) is 12.5. The van der Waals surface area contributed by atoms with Crippen molar-refractivity contribution < 1.29 is 4.74 Å². The molecule has 0 heterocycles. The van der Waals surface area contributed by atoms with Crippen molar-refractivity contribution in [2.45, 2.75) is 52.5 Å². The van der Waals surface area contributed by atoms with Gasteiger partial charge in [-0.05, 0) is 54.9 Å². The number of ether oxygens (including phenoxy) is 1. The van der Waals surface area contributed by atoms with Crippen molar-refractivity contribution in [1.82, 2.24) is 5.43 Å². The summed E-state index contributed by atoms with van der Waals surface area (Å²) in [5.41, 5.74) is 7.06. The van der Waals surface area contributed by atoms with Crippen LogP contribution in [0.4, 0.5) is 0 Å². The van der Waals surface area contributed by atoms with Crippen LogP contribution in [0.5, 0.6) is 5.75 Å². The summed E-state index contributed by atoms with van der Waals surface area (Å²) < 4.78 is 5.39. The highest BCUT2D eigenvalue weighted by atomic mass is 16.5. The maximum Gasteiger partial charge on any atom is 0.122 e. The molecule has 1 saturated carbocycles. The molecule has 3 nitrogen and oxygen atoms in total. The zero-order valence-corrected chi connectivity index (χ0v) is 12.5. The molecule has 1 aromatic rings. The van der Waals surface area contributed by atoms with Gasteiger partial charge in [0, 0.05) is 0 Å². The average molecular weight is 262 g/mol. The van der Waals surface area contributed by atoms with E-state index >= 15 is 0 Å². The smallest absolute Gasteiger partial charge is 0.122 e. The van der Waals surface area contributed by atoms with Crippen LogP contribution in [0.1, 0.15) is 55.3 Å². The molecule has 0 radical (unpaired) electrons. The van der Waals surface area contributed by atoms with E-state index in [9.17, 15) is 0 Å². The Morgan fingerprint density at radius 3 is 2.37 bits per heavy atom. The van der Waals surface area contributed by atoms with E-state index in [0.717, 1.165) is 5.75 Å². The molecule has 0 aromatic heterocycles. The van der Waals surface area contributed by atoms with Gasteiger partial charge in [-0.25, -0.2) is 0 Å². The van der Waals surface area contributed by atoms with E-state index in [0.29, 0.717) is 0 Å². The van der Waals surface area contributed by atoms with Crippen LogP contribution in [0, 0.1) is 19.3 Å². The van der Waals surface area contributed by atoms with Crippen LogP contribution in [-0.4, -0.2) is 7.11 Å². The molecule has 0 bridgehead atoms. The normalized spacial score (nSPS) is 19.4. The Bertz CT molecular complexity index is 450. The van der Waals surface area contributed by atoms with Gasteiger partial charge in [-0.15, -0.1) is 0 Å². The molecule has 0 saturated heterocycles. The van der Waals surface area contributed by atoms with Gasteiger partial charge in [0.2, 0.25) is 0 Å². The minimum absolute atomic E-state index is 0.222. The Balaban J connectivity index is 2.41. The van der Waals surface area contributed by atoms with Gasteiger partial charge in [-0.1, -0.05) is 25.8 Å². The Labute approximate surface area is 116 Å². The number of aryl methyl sites for hydroxylation is 2. The Morgan fingerprint density at radius 1 is 1.21 bits per heavy atom. The van der Waals surface area contributed by atoms with Crippen LogP contribution in [0.3, 0.4) is 0 Å². The van der Waals surface area contributed by atoms with Gasteiger partial charge in [0.25, 0.3) is 0 Å². The molecule has 0 amide bonds. The minimum Gasteiger partial charge on any atom is -0.496 e. The summed E-state index contributed by atoms with van der Waals surface area (Å²) in [7, 11) is 1.72. The Hall–Kier alpha value is -1.06. The maximum absolute atomic E-state index is 5.88. The quantitative estimate of drug-likeness (QED) is 0.646. The largest absolute Gasteiger partial charge is 0.496 e. The van der Waals surface area contributed by atoms with Crippen molar-refractivity contribution in [2.75, 3.05) is 7.11 Å². The summed E-state index contributed by atoms with van der Waals surface area (Å²) in [4.78, 5) is 0. The topological polar surface area (TPSA) is 47.3 Å². The number of hydrogen-bond donors (Lipinski definition) is 2. The van der Waals surface area contributed by atoms with Gasteiger partial charge in [0.1, 0.15) is 5.75 Å². The number of hydrogen-bond acceptors (Lipinski definition) is 3. The molecule has 3 N–H and O–H groups in total.